The molecule has 3 aliphatic heterocycles. The van der Waals surface area contributed by atoms with Crippen LogP contribution in [0.3, 0.4) is 0 Å². The molecule has 4 aromatic rings. The van der Waals surface area contributed by atoms with Crippen LogP contribution in [0.2, 0.25) is 5.02 Å². The first-order valence-corrected chi connectivity index (χ1v) is 24.1. The zero-order valence-electron chi connectivity index (χ0n) is 39.4. The number of benzene rings is 2. The van der Waals surface area contributed by atoms with Gasteiger partial charge in [0, 0.05) is 102 Å². The first-order chi connectivity index (χ1) is 32.4. The molecule has 68 heavy (non-hydrogen) atoms. The van der Waals surface area contributed by atoms with Gasteiger partial charge in [-0.05, 0) is 118 Å². The van der Waals surface area contributed by atoms with Crippen LogP contribution >= 0.6 is 11.6 Å². The molecule has 5 aliphatic rings. The van der Waals surface area contributed by atoms with Crippen molar-refractivity contribution >= 4 is 52.5 Å². The molecule has 2 saturated carbocycles. The first kappa shape index (κ1) is 47.6. The highest BCUT2D eigenvalue weighted by Crippen LogP contribution is 2.43. The van der Waals surface area contributed by atoms with Gasteiger partial charge in [0.25, 0.3) is 0 Å². The average molecular weight is 961 g/mol. The van der Waals surface area contributed by atoms with Crippen LogP contribution in [0.25, 0.3) is 0 Å². The maximum Gasteiger partial charge on any atom is 0.416 e. The topological polar surface area (TPSA) is 127 Å². The highest BCUT2D eigenvalue weighted by molar-refractivity contribution is 6.30. The van der Waals surface area contributed by atoms with E-state index in [1.807, 2.05) is 24.1 Å². The molecule has 9 rings (SSSR count). The summed E-state index contributed by atoms with van der Waals surface area (Å²) < 4.78 is 45.2. The number of aromatic nitrogens is 4. The van der Waals surface area contributed by atoms with Crippen molar-refractivity contribution in [2.24, 2.45) is 23.7 Å². The molecular formula is C49H61ClF3N11O4. The Bertz CT molecular complexity index is 2490. The van der Waals surface area contributed by atoms with Gasteiger partial charge < -0.3 is 24.5 Å². The highest BCUT2D eigenvalue weighted by Gasteiger charge is 2.46. The van der Waals surface area contributed by atoms with Gasteiger partial charge in [-0.3, -0.25) is 19.4 Å². The lowest BCUT2D eigenvalue weighted by atomic mass is 10.0. The molecule has 0 radical (unpaired) electrons. The molecule has 0 bridgehead atoms. The number of halogens is 4. The zero-order chi connectivity index (χ0) is 48.2. The predicted molar refractivity (Wildman–Crippen MR) is 253 cm³/mol. The summed E-state index contributed by atoms with van der Waals surface area (Å²) in [5, 5.41) is 9.30. The summed E-state index contributed by atoms with van der Waals surface area (Å²) in [5.41, 5.74) is 2.78. The molecule has 5 heterocycles. The molecule has 2 aromatic heterocycles. The van der Waals surface area contributed by atoms with Crippen LogP contribution in [0.4, 0.5) is 39.8 Å². The second kappa shape index (κ2) is 19.1. The van der Waals surface area contributed by atoms with E-state index in [9.17, 15) is 32.3 Å². The second-order valence-electron chi connectivity index (χ2n) is 20.0. The van der Waals surface area contributed by atoms with Crippen LogP contribution < -0.4 is 14.7 Å². The van der Waals surface area contributed by atoms with Gasteiger partial charge in [0.15, 0.2) is 0 Å². The summed E-state index contributed by atoms with van der Waals surface area (Å²) in [6, 6.07) is 11.8. The van der Waals surface area contributed by atoms with E-state index < -0.39 is 11.7 Å². The largest absolute Gasteiger partial charge is 0.416 e. The molecule has 5 fully saturated rings. The maximum atomic E-state index is 14.2. The molecule has 4 amide bonds. The summed E-state index contributed by atoms with van der Waals surface area (Å²) >= 11 is 6.08. The Balaban J connectivity index is 0.795. The van der Waals surface area contributed by atoms with Crippen molar-refractivity contribution in [3.8, 4) is 0 Å². The summed E-state index contributed by atoms with van der Waals surface area (Å²) in [5.74, 6) is 0.967. The van der Waals surface area contributed by atoms with Gasteiger partial charge in [0.2, 0.25) is 11.8 Å². The Kier molecular flexibility index (Phi) is 13.4. The number of nitrogens with zero attached hydrogens (tertiary/aromatic N) is 11. The van der Waals surface area contributed by atoms with Crippen molar-refractivity contribution in [1.82, 2.24) is 39.2 Å². The predicted octanol–water partition coefficient (Wildman–Crippen LogP) is 7.38. The van der Waals surface area contributed by atoms with Crippen molar-refractivity contribution in [2.75, 3.05) is 75.6 Å². The molecule has 2 aromatic carbocycles. The van der Waals surface area contributed by atoms with E-state index in [4.69, 9.17) is 11.6 Å². The lowest BCUT2D eigenvalue weighted by Gasteiger charge is -2.32. The Morgan fingerprint density at radius 1 is 0.721 bits per heavy atom. The van der Waals surface area contributed by atoms with Crippen molar-refractivity contribution in [3.05, 3.63) is 89.0 Å². The van der Waals surface area contributed by atoms with E-state index in [-0.39, 0.29) is 60.8 Å². The Labute approximate surface area is 400 Å². The lowest BCUT2D eigenvalue weighted by molar-refractivity contribution is -0.137. The summed E-state index contributed by atoms with van der Waals surface area (Å²) in [6.45, 7) is 5.62. The van der Waals surface area contributed by atoms with Gasteiger partial charge in [0.1, 0.15) is 0 Å². The molecule has 19 heteroatoms. The first-order valence-electron chi connectivity index (χ1n) is 23.7. The number of amides is 4. The number of likely N-dealkylation sites (tertiary alicyclic amines) is 2. The molecule has 3 saturated heterocycles. The Hall–Kier alpha value is -5.46. The fraction of sp³-hybridized carbons (Fsp3) is 0.551. The van der Waals surface area contributed by atoms with E-state index in [0.717, 1.165) is 49.7 Å². The van der Waals surface area contributed by atoms with E-state index >= 15 is 0 Å². The molecule has 7 atom stereocenters. The van der Waals surface area contributed by atoms with Crippen LogP contribution in [0.15, 0.2) is 67.3 Å². The molecule has 0 spiro atoms. The maximum absolute atomic E-state index is 14.2. The minimum Gasteiger partial charge on any atom is -0.368 e. The van der Waals surface area contributed by atoms with Gasteiger partial charge in [-0.1, -0.05) is 23.7 Å². The van der Waals surface area contributed by atoms with Crippen molar-refractivity contribution in [1.29, 1.82) is 0 Å². The fourth-order valence-electron chi connectivity index (χ4n) is 11.6. The number of alkyl halides is 3. The Morgan fingerprint density at radius 2 is 1.24 bits per heavy atom. The normalized spacial score (nSPS) is 24.6. The van der Waals surface area contributed by atoms with Crippen LogP contribution in [-0.2, 0) is 28.9 Å². The minimum atomic E-state index is -4.52. The van der Waals surface area contributed by atoms with E-state index in [1.54, 1.807) is 37.5 Å². The van der Waals surface area contributed by atoms with Gasteiger partial charge in [0.05, 0.1) is 41.7 Å². The van der Waals surface area contributed by atoms with Crippen LogP contribution in [0.5, 0.6) is 0 Å². The number of hydrogen-bond acceptors (Lipinski definition) is 9. The van der Waals surface area contributed by atoms with Crippen molar-refractivity contribution < 1.29 is 32.3 Å². The fourth-order valence-corrected chi connectivity index (χ4v) is 11.8. The van der Waals surface area contributed by atoms with E-state index in [1.165, 1.54) is 50.1 Å². The van der Waals surface area contributed by atoms with Gasteiger partial charge in [-0.15, -0.1) is 0 Å². The van der Waals surface area contributed by atoms with E-state index in [2.05, 4.69) is 44.1 Å². The average Bonchev–Trinajstić information content (AvgIpc) is 4.16. The van der Waals surface area contributed by atoms with Gasteiger partial charge in [-0.2, -0.15) is 32.7 Å². The van der Waals surface area contributed by atoms with Crippen molar-refractivity contribution in [3.63, 3.8) is 0 Å². The third kappa shape index (κ3) is 9.86. The molecule has 2 aliphatic carbocycles. The monoisotopic (exact) mass is 959 g/mol. The molecule has 0 N–H and O–H groups in total. The Morgan fingerprint density at radius 3 is 1.75 bits per heavy atom. The minimum absolute atomic E-state index is 0.110. The van der Waals surface area contributed by atoms with Gasteiger partial charge in [-0.25, -0.2) is 9.59 Å². The van der Waals surface area contributed by atoms with Crippen LogP contribution in [-0.4, -0.2) is 142 Å². The third-order valence-corrected chi connectivity index (χ3v) is 15.9. The number of carbonyl (C=O) groups is 4. The second-order valence-corrected chi connectivity index (χ2v) is 20.4. The standard InChI is InChI=1S/C49H61ClF3N11O4/c1-31(65)58(4)43-21-54-63(29-43)47(67)60-27-35-18-42(19-36(35)28-60)57(3)24-37-15-38(49(51,52)53)10-13-45(37)62-14-6-7-40(62)20-46(66)59(5)44-22-55-64(30-44)48(68)61-25-33-16-41(17-34(33)26-61)56(2)23-32-8-11-39(50)12-9-32/h8-13,15,21-22,29-30,33-36,40-42H,6-7,14,16-20,23-28H2,1-5H3/t33-,34+,35-,36+,40?,41?,42?. The third-order valence-electron chi connectivity index (χ3n) is 15.7. The SMILES string of the molecule is CC(=O)N(C)c1cnn(C(=O)N2C[C@H]3CC(N(C)Cc4cc(C(F)(F)F)ccc4N4CCCC4CC(=O)N(C)c4cnn(C(=O)N5C[C@H]6CC(N(C)Cc7ccc(Cl)cc7)C[C@H]6C5)c4)C[C@H]3C2)c1. The summed E-state index contributed by atoms with van der Waals surface area (Å²) in [6.07, 6.45) is 6.93. The highest BCUT2D eigenvalue weighted by atomic mass is 35.5. The van der Waals surface area contributed by atoms with Crippen molar-refractivity contribution in [2.45, 2.75) is 89.3 Å². The van der Waals surface area contributed by atoms with Crippen LogP contribution in [0, 0.1) is 23.7 Å². The molecule has 364 valence electrons. The number of carbonyl (C=O) groups excluding carboxylic acids is 4. The van der Waals surface area contributed by atoms with Gasteiger partial charge >= 0.3 is 18.2 Å². The number of rotatable bonds is 11. The summed E-state index contributed by atoms with van der Waals surface area (Å²) in [4.78, 5) is 66.0. The van der Waals surface area contributed by atoms with Crippen LogP contribution in [0.1, 0.15) is 68.6 Å². The number of hydrogen-bond donors (Lipinski definition) is 0. The zero-order valence-corrected chi connectivity index (χ0v) is 40.1. The number of fused-ring (bicyclic) bond motifs is 2. The smallest absolute Gasteiger partial charge is 0.368 e. The molecule has 3 unspecified atom stereocenters. The van der Waals surface area contributed by atoms with E-state index in [0.29, 0.717) is 79.6 Å². The quantitative estimate of drug-likeness (QED) is 0.152. The molecular weight excluding hydrogens is 899 g/mol. The lowest BCUT2D eigenvalue weighted by Crippen LogP contribution is -2.38. The summed E-state index contributed by atoms with van der Waals surface area (Å²) in [7, 11) is 7.40. The number of anilines is 3. The molecule has 15 nitrogen and oxygen atoms in total.